The van der Waals surface area contributed by atoms with Crippen molar-refractivity contribution >= 4 is 28.6 Å². The molecular weight excluding hydrogens is 382 g/mol. The average Bonchev–Trinajstić information content (AvgIpc) is 3.16. The highest BCUT2D eigenvalue weighted by molar-refractivity contribution is 6.08. The third kappa shape index (κ3) is 4.72. The Labute approximate surface area is 175 Å². The standard InChI is InChI=1S/C22H25N5O3/c1-5-30-22(29)17-12-23-20-18(17)19(24-13-25-20)15-7-6-8-16(11-15)26-21(28)14(2)9-10-27(3)4/h6-9,11-13H,5,10H2,1-4H3,(H,26,28)(H,23,24,25)/b14-9+. The van der Waals surface area contributed by atoms with E-state index in [0.29, 0.717) is 40.1 Å². The Balaban J connectivity index is 1.94. The summed E-state index contributed by atoms with van der Waals surface area (Å²) in [5.74, 6) is -0.610. The van der Waals surface area contributed by atoms with E-state index >= 15 is 0 Å². The first kappa shape index (κ1) is 21.2. The number of likely N-dealkylation sites (N-methyl/N-ethyl adjacent to an activating group) is 1. The molecule has 0 saturated carbocycles. The van der Waals surface area contributed by atoms with E-state index in [2.05, 4.69) is 20.3 Å². The second-order valence-electron chi connectivity index (χ2n) is 7.05. The lowest BCUT2D eigenvalue weighted by Gasteiger charge is -2.10. The third-order valence-corrected chi connectivity index (χ3v) is 4.48. The molecule has 1 aromatic carbocycles. The summed E-state index contributed by atoms with van der Waals surface area (Å²) in [6.45, 7) is 4.49. The molecule has 0 aliphatic carbocycles. The van der Waals surface area contributed by atoms with Crippen molar-refractivity contribution in [2.24, 2.45) is 0 Å². The highest BCUT2D eigenvalue weighted by Gasteiger charge is 2.19. The summed E-state index contributed by atoms with van der Waals surface area (Å²) in [6.07, 6.45) is 4.88. The Morgan fingerprint density at radius 1 is 1.27 bits per heavy atom. The van der Waals surface area contributed by atoms with Crippen molar-refractivity contribution in [2.45, 2.75) is 13.8 Å². The van der Waals surface area contributed by atoms with Gasteiger partial charge >= 0.3 is 5.97 Å². The third-order valence-electron chi connectivity index (χ3n) is 4.48. The Kier molecular flexibility index (Phi) is 6.58. The monoisotopic (exact) mass is 407 g/mol. The van der Waals surface area contributed by atoms with Crippen LogP contribution in [-0.2, 0) is 9.53 Å². The average molecular weight is 407 g/mol. The van der Waals surface area contributed by atoms with Crippen LogP contribution in [0.25, 0.3) is 22.3 Å². The van der Waals surface area contributed by atoms with E-state index in [1.165, 1.54) is 6.33 Å². The molecule has 0 saturated heterocycles. The van der Waals surface area contributed by atoms with Crippen molar-refractivity contribution < 1.29 is 14.3 Å². The number of fused-ring (bicyclic) bond motifs is 1. The zero-order valence-electron chi connectivity index (χ0n) is 17.5. The number of carbonyl (C=O) groups is 2. The Morgan fingerprint density at radius 3 is 2.80 bits per heavy atom. The molecule has 156 valence electrons. The van der Waals surface area contributed by atoms with Crippen LogP contribution < -0.4 is 5.32 Å². The van der Waals surface area contributed by atoms with Gasteiger partial charge in [-0.2, -0.15) is 0 Å². The van der Waals surface area contributed by atoms with Crippen LogP contribution >= 0.6 is 0 Å². The number of anilines is 1. The molecule has 8 heteroatoms. The van der Waals surface area contributed by atoms with Crippen LogP contribution in [0.15, 0.2) is 48.4 Å². The summed E-state index contributed by atoms with van der Waals surface area (Å²) in [6, 6.07) is 7.33. The second kappa shape index (κ2) is 9.32. The molecule has 3 rings (SSSR count). The van der Waals surface area contributed by atoms with Crippen LogP contribution in [0, 0.1) is 0 Å². The lowest BCUT2D eigenvalue weighted by molar-refractivity contribution is -0.112. The zero-order valence-corrected chi connectivity index (χ0v) is 17.5. The van der Waals surface area contributed by atoms with Gasteiger partial charge in [-0.15, -0.1) is 0 Å². The van der Waals surface area contributed by atoms with Gasteiger partial charge in [0.05, 0.1) is 23.3 Å². The zero-order chi connectivity index (χ0) is 21.7. The van der Waals surface area contributed by atoms with Crippen LogP contribution in [0.5, 0.6) is 0 Å². The highest BCUT2D eigenvalue weighted by atomic mass is 16.5. The van der Waals surface area contributed by atoms with Crippen LogP contribution in [0.3, 0.4) is 0 Å². The fraction of sp³-hybridized carbons (Fsp3) is 0.273. The smallest absolute Gasteiger partial charge is 0.340 e. The summed E-state index contributed by atoms with van der Waals surface area (Å²) in [7, 11) is 3.89. The van der Waals surface area contributed by atoms with E-state index in [1.807, 2.05) is 49.3 Å². The molecule has 3 aromatic rings. The Bertz CT molecular complexity index is 1100. The largest absolute Gasteiger partial charge is 0.462 e. The lowest BCUT2D eigenvalue weighted by atomic mass is 10.1. The number of nitrogens with one attached hydrogen (secondary N) is 2. The van der Waals surface area contributed by atoms with Crippen molar-refractivity contribution in [1.29, 1.82) is 0 Å². The molecule has 0 aliphatic heterocycles. The van der Waals surface area contributed by atoms with Crippen molar-refractivity contribution in [3.63, 3.8) is 0 Å². The van der Waals surface area contributed by atoms with E-state index in [9.17, 15) is 9.59 Å². The Morgan fingerprint density at radius 2 is 2.07 bits per heavy atom. The highest BCUT2D eigenvalue weighted by Crippen LogP contribution is 2.30. The van der Waals surface area contributed by atoms with E-state index in [-0.39, 0.29) is 12.5 Å². The van der Waals surface area contributed by atoms with Gasteiger partial charge in [0.2, 0.25) is 0 Å². The number of aromatic amines is 1. The normalized spacial score (nSPS) is 11.7. The minimum Gasteiger partial charge on any atom is -0.462 e. The Hall–Kier alpha value is -3.52. The number of ether oxygens (including phenoxy) is 1. The first-order valence-electron chi connectivity index (χ1n) is 9.63. The van der Waals surface area contributed by atoms with E-state index in [1.54, 1.807) is 20.0 Å². The molecule has 2 N–H and O–H groups in total. The van der Waals surface area contributed by atoms with Crippen LogP contribution in [0.4, 0.5) is 5.69 Å². The second-order valence-corrected chi connectivity index (χ2v) is 7.05. The first-order valence-corrected chi connectivity index (χ1v) is 9.63. The summed E-state index contributed by atoms with van der Waals surface area (Å²) < 4.78 is 5.15. The number of hydrogen-bond acceptors (Lipinski definition) is 6. The number of aromatic nitrogens is 3. The van der Waals surface area contributed by atoms with Gasteiger partial charge in [0.15, 0.2) is 0 Å². The molecule has 0 bridgehead atoms. The number of nitrogens with zero attached hydrogens (tertiary/aromatic N) is 3. The number of rotatable bonds is 7. The van der Waals surface area contributed by atoms with E-state index < -0.39 is 5.97 Å². The topological polar surface area (TPSA) is 100 Å². The SMILES string of the molecule is CCOC(=O)c1c[nH]c2ncnc(-c3cccc(NC(=O)/C(C)=C/CN(C)C)c3)c12. The molecule has 0 aliphatic rings. The molecule has 1 amide bonds. The maximum Gasteiger partial charge on any atom is 0.340 e. The first-order chi connectivity index (χ1) is 14.4. The fourth-order valence-electron chi connectivity index (χ4n) is 2.94. The van der Waals surface area contributed by atoms with Gasteiger partial charge in [-0.05, 0) is 40.1 Å². The molecule has 0 atom stereocenters. The van der Waals surface area contributed by atoms with Crippen molar-refractivity contribution in [1.82, 2.24) is 19.9 Å². The van der Waals surface area contributed by atoms with Gasteiger partial charge in [0.1, 0.15) is 12.0 Å². The maximum atomic E-state index is 12.5. The lowest BCUT2D eigenvalue weighted by Crippen LogP contribution is -2.16. The number of amides is 1. The molecule has 2 aromatic heterocycles. The van der Waals surface area contributed by atoms with Crippen molar-refractivity contribution in [3.8, 4) is 11.3 Å². The molecular formula is C22H25N5O3. The molecule has 0 fully saturated rings. The van der Waals surface area contributed by atoms with Gasteiger partial charge < -0.3 is 19.9 Å². The van der Waals surface area contributed by atoms with E-state index in [4.69, 9.17) is 4.74 Å². The van der Waals surface area contributed by atoms with Crippen LogP contribution in [0.2, 0.25) is 0 Å². The van der Waals surface area contributed by atoms with Gasteiger partial charge in [-0.1, -0.05) is 18.2 Å². The number of hydrogen-bond donors (Lipinski definition) is 2. The molecule has 0 unspecified atom stereocenters. The summed E-state index contributed by atoms with van der Waals surface area (Å²) in [5, 5.41) is 3.49. The predicted octanol–water partition coefficient (Wildman–Crippen LogP) is 3.25. The van der Waals surface area contributed by atoms with Gasteiger partial charge in [-0.25, -0.2) is 14.8 Å². The summed E-state index contributed by atoms with van der Waals surface area (Å²) >= 11 is 0. The fourth-order valence-corrected chi connectivity index (χ4v) is 2.94. The summed E-state index contributed by atoms with van der Waals surface area (Å²) in [5.41, 5.74) is 3.52. The number of benzene rings is 1. The quantitative estimate of drug-likeness (QED) is 0.461. The molecule has 0 spiro atoms. The molecule has 8 nitrogen and oxygen atoms in total. The number of H-pyrrole nitrogens is 1. The van der Waals surface area contributed by atoms with E-state index in [0.717, 1.165) is 5.56 Å². The summed E-state index contributed by atoms with van der Waals surface area (Å²) in [4.78, 5) is 38.4. The van der Waals surface area contributed by atoms with Gasteiger partial charge in [0.25, 0.3) is 5.91 Å². The maximum absolute atomic E-state index is 12.5. The van der Waals surface area contributed by atoms with Crippen LogP contribution in [-0.4, -0.2) is 59.0 Å². The molecule has 30 heavy (non-hydrogen) atoms. The van der Waals surface area contributed by atoms with Crippen LogP contribution in [0.1, 0.15) is 24.2 Å². The minimum atomic E-state index is -0.439. The predicted molar refractivity (Wildman–Crippen MR) is 116 cm³/mol. The van der Waals surface area contributed by atoms with Gasteiger partial charge in [0, 0.05) is 29.6 Å². The van der Waals surface area contributed by atoms with Gasteiger partial charge in [-0.3, -0.25) is 4.79 Å². The molecule has 2 heterocycles. The number of esters is 1. The minimum absolute atomic E-state index is 0.171. The number of carbonyl (C=O) groups excluding carboxylic acids is 2. The molecule has 0 radical (unpaired) electrons. The van der Waals surface area contributed by atoms with Crippen molar-refractivity contribution in [2.75, 3.05) is 32.6 Å². The van der Waals surface area contributed by atoms with Crippen molar-refractivity contribution in [3.05, 3.63) is 54.0 Å².